The van der Waals surface area contributed by atoms with Crippen LogP contribution >= 0.6 is 11.6 Å². The lowest BCUT2D eigenvalue weighted by molar-refractivity contribution is -0.113. The minimum Gasteiger partial charge on any atom is -0.326 e. The molecule has 0 bridgehead atoms. The third kappa shape index (κ3) is 3.25. The number of anilines is 2. The van der Waals surface area contributed by atoms with Crippen LogP contribution in [-0.4, -0.2) is 26.1 Å². The molecule has 1 atom stereocenters. The molecule has 0 aliphatic carbocycles. The SMILES string of the molecule is CC1=C(C(=O)Nc2ccc(C)cc2C)[C@@H](c2ccc(Cl)cc2)n2nnnc2N1. The number of halogens is 1. The molecule has 3 aromatic rings. The molecule has 28 heavy (non-hydrogen) atoms. The Bertz CT molecular complexity index is 1090. The minimum absolute atomic E-state index is 0.210. The van der Waals surface area contributed by atoms with E-state index in [1.807, 2.05) is 51.1 Å². The van der Waals surface area contributed by atoms with Crippen molar-refractivity contribution >= 4 is 29.1 Å². The van der Waals surface area contributed by atoms with E-state index < -0.39 is 6.04 Å². The second kappa shape index (κ2) is 7.09. The molecule has 0 fully saturated rings. The van der Waals surface area contributed by atoms with Crippen LogP contribution in [0.25, 0.3) is 0 Å². The number of fused-ring (bicyclic) bond motifs is 1. The van der Waals surface area contributed by atoms with E-state index in [9.17, 15) is 4.79 Å². The summed E-state index contributed by atoms with van der Waals surface area (Å²) in [6.07, 6.45) is 0. The zero-order chi connectivity index (χ0) is 19.8. The van der Waals surface area contributed by atoms with Crippen molar-refractivity contribution < 1.29 is 4.79 Å². The molecule has 7 nitrogen and oxygen atoms in total. The first-order valence-corrected chi connectivity index (χ1v) is 9.21. The van der Waals surface area contributed by atoms with E-state index in [1.165, 1.54) is 0 Å². The van der Waals surface area contributed by atoms with E-state index in [-0.39, 0.29) is 5.91 Å². The zero-order valence-electron chi connectivity index (χ0n) is 15.7. The van der Waals surface area contributed by atoms with Gasteiger partial charge in [0.15, 0.2) is 0 Å². The number of carbonyl (C=O) groups excluding carboxylic acids is 1. The number of aryl methyl sites for hydroxylation is 2. The molecule has 8 heteroatoms. The molecule has 2 N–H and O–H groups in total. The smallest absolute Gasteiger partial charge is 0.255 e. The Morgan fingerprint density at radius 3 is 2.61 bits per heavy atom. The fraction of sp³-hybridized carbons (Fsp3) is 0.200. The predicted octanol–water partition coefficient (Wildman–Crippen LogP) is 3.87. The molecular formula is C20H19ClN6O. The summed E-state index contributed by atoms with van der Waals surface area (Å²) in [6.45, 7) is 5.84. The van der Waals surface area contributed by atoms with Crippen molar-refractivity contribution in [3.8, 4) is 0 Å². The van der Waals surface area contributed by atoms with Crippen LogP contribution < -0.4 is 10.6 Å². The first-order chi connectivity index (χ1) is 13.4. The molecule has 2 aromatic carbocycles. The number of nitrogens with zero attached hydrogens (tertiary/aromatic N) is 4. The lowest BCUT2D eigenvalue weighted by Gasteiger charge is -2.28. The highest BCUT2D eigenvalue weighted by Crippen LogP contribution is 2.35. The number of allylic oxidation sites excluding steroid dienone is 1. The summed E-state index contributed by atoms with van der Waals surface area (Å²) in [7, 11) is 0. The monoisotopic (exact) mass is 394 g/mol. The first kappa shape index (κ1) is 18.2. The van der Waals surface area contributed by atoms with Crippen molar-refractivity contribution in [2.24, 2.45) is 0 Å². The van der Waals surface area contributed by atoms with E-state index in [0.29, 0.717) is 22.2 Å². The number of hydrogen-bond donors (Lipinski definition) is 2. The molecule has 0 spiro atoms. The lowest BCUT2D eigenvalue weighted by atomic mass is 9.95. The normalized spacial score (nSPS) is 15.8. The molecule has 0 saturated heterocycles. The second-order valence-electron chi connectivity index (χ2n) is 6.84. The van der Waals surface area contributed by atoms with Crippen LogP contribution in [0.1, 0.15) is 29.7 Å². The van der Waals surface area contributed by atoms with Crippen LogP contribution in [0.2, 0.25) is 5.02 Å². The Balaban J connectivity index is 1.76. The van der Waals surface area contributed by atoms with Gasteiger partial charge in [-0.05, 0) is 60.5 Å². The van der Waals surface area contributed by atoms with Gasteiger partial charge in [-0.3, -0.25) is 4.79 Å². The lowest BCUT2D eigenvalue weighted by Crippen LogP contribution is -2.31. The standard InChI is InChI=1S/C20H19ClN6O/c1-11-4-9-16(12(2)10-11)23-19(28)17-13(3)22-20-24-25-26-27(20)18(17)14-5-7-15(21)8-6-14/h4-10,18H,1-3H3,(H,23,28)(H,22,24,26)/t18-/m1/s1. The van der Waals surface area contributed by atoms with Gasteiger partial charge in [-0.2, -0.15) is 4.68 Å². The number of rotatable bonds is 3. The summed E-state index contributed by atoms with van der Waals surface area (Å²) in [5.74, 6) is 0.276. The highest BCUT2D eigenvalue weighted by Gasteiger charge is 2.34. The van der Waals surface area contributed by atoms with Gasteiger partial charge in [0.25, 0.3) is 5.91 Å². The number of tetrazole rings is 1. The van der Waals surface area contributed by atoms with Crippen LogP contribution in [0, 0.1) is 13.8 Å². The summed E-state index contributed by atoms with van der Waals surface area (Å²) < 4.78 is 1.60. The van der Waals surface area contributed by atoms with Crippen molar-refractivity contribution in [3.05, 3.63) is 75.4 Å². The predicted molar refractivity (Wildman–Crippen MR) is 108 cm³/mol. The van der Waals surface area contributed by atoms with Gasteiger partial charge < -0.3 is 10.6 Å². The number of benzene rings is 2. The minimum atomic E-state index is -0.464. The Labute approximate surface area is 167 Å². The van der Waals surface area contributed by atoms with Gasteiger partial charge in [-0.15, -0.1) is 0 Å². The fourth-order valence-electron chi connectivity index (χ4n) is 3.40. The molecule has 4 rings (SSSR count). The molecular weight excluding hydrogens is 376 g/mol. The zero-order valence-corrected chi connectivity index (χ0v) is 16.4. The molecule has 0 radical (unpaired) electrons. The summed E-state index contributed by atoms with van der Waals surface area (Å²) in [5.41, 5.74) is 5.02. The van der Waals surface area contributed by atoms with Gasteiger partial charge in [0.1, 0.15) is 6.04 Å². The van der Waals surface area contributed by atoms with E-state index in [2.05, 4.69) is 26.2 Å². The van der Waals surface area contributed by atoms with Gasteiger partial charge in [-0.1, -0.05) is 46.5 Å². The number of aromatic nitrogens is 4. The first-order valence-electron chi connectivity index (χ1n) is 8.84. The van der Waals surface area contributed by atoms with E-state index in [4.69, 9.17) is 11.6 Å². The van der Waals surface area contributed by atoms with Crippen molar-refractivity contribution in [2.75, 3.05) is 10.6 Å². The number of hydrogen-bond acceptors (Lipinski definition) is 5. The average Bonchev–Trinajstić information content (AvgIpc) is 3.11. The highest BCUT2D eigenvalue weighted by atomic mass is 35.5. The van der Waals surface area contributed by atoms with Crippen LogP contribution in [0.5, 0.6) is 0 Å². The summed E-state index contributed by atoms with van der Waals surface area (Å²) in [4.78, 5) is 13.3. The van der Waals surface area contributed by atoms with Crippen LogP contribution in [-0.2, 0) is 4.79 Å². The Kier molecular flexibility index (Phi) is 4.60. The molecule has 1 aliphatic rings. The highest BCUT2D eigenvalue weighted by molar-refractivity contribution is 6.30. The Morgan fingerprint density at radius 2 is 1.89 bits per heavy atom. The third-order valence-electron chi connectivity index (χ3n) is 4.77. The molecule has 1 aliphatic heterocycles. The largest absolute Gasteiger partial charge is 0.326 e. The van der Waals surface area contributed by atoms with Crippen LogP contribution in [0.3, 0.4) is 0 Å². The number of carbonyl (C=O) groups is 1. The van der Waals surface area contributed by atoms with Crippen LogP contribution in [0.4, 0.5) is 11.6 Å². The molecule has 0 unspecified atom stereocenters. The van der Waals surface area contributed by atoms with Gasteiger partial charge in [-0.25, -0.2) is 0 Å². The van der Waals surface area contributed by atoms with E-state index in [0.717, 1.165) is 22.4 Å². The maximum Gasteiger partial charge on any atom is 0.255 e. The number of amides is 1. The molecule has 142 valence electrons. The average molecular weight is 395 g/mol. The molecule has 1 aromatic heterocycles. The topological polar surface area (TPSA) is 84.7 Å². The molecule has 1 amide bonds. The fourth-order valence-corrected chi connectivity index (χ4v) is 3.53. The van der Waals surface area contributed by atoms with E-state index in [1.54, 1.807) is 16.8 Å². The van der Waals surface area contributed by atoms with Gasteiger partial charge >= 0.3 is 0 Å². The second-order valence-corrected chi connectivity index (χ2v) is 7.27. The van der Waals surface area contributed by atoms with Gasteiger partial charge in [0, 0.05) is 16.4 Å². The van der Waals surface area contributed by atoms with Crippen LogP contribution in [0.15, 0.2) is 53.7 Å². The maximum absolute atomic E-state index is 13.3. The quantitative estimate of drug-likeness (QED) is 0.704. The summed E-state index contributed by atoms with van der Waals surface area (Å²) >= 11 is 6.04. The van der Waals surface area contributed by atoms with E-state index >= 15 is 0 Å². The third-order valence-corrected chi connectivity index (χ3v) is 5.03. The number of nitrogens with one attached hydrogen (secondary N) is 2. The maximum atomic E-state index is 13.3. The van der Waals surface area contributed by atoms with Crippen molar-refractivity contribution in [1.82, 2.24) is 20.2 Å². The Morgan fingerprint density at radius 1 is 1.14 bits per heavy atom. The summed E-state index contributed by atoms with van der Waals surface area (Å²) in [5, 5.41) is 18.6. The van der Waals surface area contributed by atoms with Crippen molar-refractivity contribution in [2.45, 2.75) is 26.8 Å². The van der Waals surface area contributed by atoms with Gasteiger partial charge in [0.2, 0.25) is 5.95 Å². The van der Waals surface area contributed by atoms with Gasteiger partial charge in [0.05, 0.1) is 5.57 Å². The molecule has 2 heterocycles. The van der Waals surface area contributed by atoms with Crippen molar-refractivity contribution in [1.29, 1.82) is 0 Å². The Hall–Kier alpha value is -3.19. The van der Waals surface area contributed by atoms with Crippen molar-refractivity contribution in [3.63, 3.8) is 0 Å². The molecule has 0 saturated carbocycles. The summed E-state index contributed by atoms with van der Waals surface area (Å²) in [6, 6.07) is 12.8.